The Hall–Kier alpha value is -2.89. The molecular weight excluding hydrogens is 326 g/mol. The molecule has 26 heavy (non-hydrogen) atoms. The van der Waals surface area contributed by atoms with Crippen LogP contribution < -0.4 is 10.6 Å². The van der Waals surface area contributed by atoms with Gasteiger partial charge in [0.05, 0.1) is 11.3 Å². The molecule has 2 N–H and O–H groups in total. The molecule has 3 aromatic heterocycles. The number of nitrogens with zero attached hydrogens (tertiary/aromatic N) is 3. The lowest BCUT2D eigenvalue weighted by molar-refractivity contribution is 0.0954. The van der Waals surface area contributed by atoms with E-state index in [1.165, 1.54) is 12.8 Å². The predicted molar refractivity (Wildman–Crippen MR) is 101 cm³/mol. The molecule has 1 saturated carbocycles. The molecule has 0 bridgehead atoms. The lowest BCUT2D eigenvalue weighted by Gasteiger charge is -2.06. The number of carbonyl (C=O) groups excluding carboxylic acids is 1. The van der Waals surface area contributed by atoms with Gasteiger partial charge in [-0.2, -0.15) is 0 Å². The zero-order valence-corrected chi connectivity index (χ0v) is 14.9. The minimum absolute atomic E-state index is 0.105. The summed E-state index contributed by atoms with van der Waals surface area (Å²) < 4.78 is 2.02. The van der Waals surface area contributed by atoms with Crippen molar-refractivity contribution in [1.82, 2.24) is 19.7 Å². The number of imidazole rings is 1. The van der Waals surface area contributed by atoms with Gasteiger partial charge in [-0.25, -0.2) is 9.97 Å². The predicted octanol–water partition coefficient (Wildman–Crippen LogP) is 2.83. The van der Waals surface area contributed by atoms with Gasteiger partial charge in [-0.15, -0.1) is 0 Å². The van der Waals surface area contributed by atoms with Gasteiger partial charge in [0.1, 0.15) is 11.5 Å². The summed E-state index contributed by atoms with van der Waals surface area (Å²) in [6, 6.07) is 7.73. The molecule has 6 nitrogen and oxygen atoms in total. The van der Waals surface area contributed by atoms with E-state index in [0.717, 1.165) is 35.2 Å². The maximum Gasteiger partial charge on any atom is 0.252 e. The average molecular weight is 349 g/mol. The molecular formula is C20H23N5O. The van der Waals surface area contributed by atoms with Gasteiger partial charge in [0.15, 0.2) is 0 Å². The largest absolute Gasteiger partial charge is 0.370 e. The van der Waals surface area contributed by atoms with Crippen LogP contribution in [0.15, 0.2) is 42.9 Å². The fourth-order valence-electron chi connectivity index (χ4n) is 2.93. The molecule has 0 aromatic carbocycles. The third-order valence-corrected chi connectivity index (χ3v) is 4.69. The minimum Gasteiger partial charge on any atom is -0.370 e. The van der Waals surface area contributed by atoms with E-state index in [9.17, 15) is 4.79 Å². The number of hydrogen-bond acceptors (Lipinski definition) is 4. The second kappa shape index (κ2) is 7.15. The van der Waals surface area contributed by atoms with Crippen molar-refractivity contribution in [3.63, 3.8) is 0 Å². The van der Waals surface area contributed by atoms with E-state index in [0.29, 0.717) is 18.5 Å². The zero-order valence-electron chi connectivity index (χ0n) is 14.9. The molecule has 1 aliphatic carbocycles. The quantitative estimate of drug-likeness (QED) is 0.688. The Morgan fingerprint density at radius 2 is 2.19 bits per heavy atom. The lowest BCUT2D eigenvalue weighted by atomic mass is 10.2. The summed E-state index contributed by atoms with van der Waals surface area (Å²) in [5, 5.41) is 6.24. The van der Waals surface area contributed by atoms with Crippen LogP contribution >= 0.6 is 0 Å². The highest BCUT2D eigenvalue weighted by atomic mass is 16.1. The highest BCUT2D eigenvalue weighted by Crippen LogP contribution is 2.28. The smallest absolute Gasteiger partial charge is 0.252 e. The van der Waals surface area contributed by atoms with E-state index in [-0.39, 0.29) is 5.91 Å². The van der Waals surface area contributed by atoms with Gasteiger partial charge in [0.25, 0.3) is 5.91 Å². The first-order chi connectivity index (χ1) is 12.7. The van der Waals surface area contributed by atoms with Crippen molar-refractivity contribution < 1.29 is 4.79 Å². The first-order valence-electron chi connectivity index (χ1n) is 9.10. The van der Waals surface area contributed by atoms with Crippen molar-refractivity contribution >= 4 is 17.4 Å². The maximum absolute atomic E-state index is 12.3. The molecule has 3 aromatic rings. The summed E-state index contributed by atoms with van der Waals surface area (Å²) in [7, 11) is 0. The van der Waals surface area contributed by atoms with Crippen LogP contribution in [0.25, 0.3) is 5.65 Å². The third kappa shape index (κ3) is 3.85. The molecule has 1 fully saturated rings. The van der Waals surface area contributed by atoms with Crippen LogP contribution in [0.4, 0.5) is 5.82 Å². The van der Waals surface area contributed by atoms with Gasteiger partial charge in [-0.3, -0.25) is 4.79 Å². The summed E-state index contributed by atoms with van der Waals surface area (Å²) in [5.74, 6) is 1.52. The summed E-state index contributed by atoms with van der Waals surface area (Å²) in [5.41, 5.74) is 3.65. The molecule has 1 aliphatic rings. The standard InChI is InChI=1S/C20H23N5O/c1-14-3-2-10-25-13-17(24-19(14)25)8-9-21-20(26)16-6-7-18(23-12-16)22-11-15-4-5-15/h2-3,6-7,10,12-13,15H,4-5,8-9,11H2,1H3,(H,21,26)(H,22,23). The molecule has 0 unspecified atom stereocenters. The van der Waals surface area contributed by atoms with E-state index >= 15 is 0 Å². The number of rotatable bonds is 7. The van der Waals surface area contributed by atoms with Crippen LogP contribution in [0.3, 0.4) is 0 Å². The van der Waals surface area contributed by atoms with E-state index in [1.54, 1.807) is 6.20 Å². The number of aryl methyl sites for hydroxylation is 1. The molecule has 6 heteroatoms. The van der Waals surface area contributed by atoms with Gasteiger partial charge >= 0.3 is 0 Å². The molecule has 0 saturated heterocycles. The molecule has 0 radical (unpaired) electrons. The van der Waals surface area contributed by atoms with E-state index in [4.69, 9.17) is 0 Å². The Morgan fingerprint density at radius 3 is 2.92 bits per heavy atom. The summed E-state index contributed by atoms with van der Waals surface area (Å²) >= 11 is 0. The number of carbonyl (C=O) groups is 1. The molecule has 3 heterocycles. The van der Waals surface area contributed by atoms with Crippen molar-refractivity contribution in [2.24, 2.45) is 5.92 Å². The van der Waals surface area contributed by atoms with Gasteiger partial charge < -0.3 is 15.0 Å². The number of aromatic nitrogens is 3. The SMILES string of the molecule is Cc1cccn2cc(CCNC(=O)c3ccc(NCC4CC4)nc3)nc12. The number of pyridine rings is 2. The Morgan fingerprint density at radius 1 is 1.31 bits per heavy atom. The first kappa shape index (κ1) is 16.6. The van der Waals surface area contributed by atoms with Crippen molar-refractivity contribution in [2.75, 3.05) is 18.4 Å². The maximum atomic E-state index is 12.3. The van der Waals surface area contributed by atoms with E-state index < -0.39 is 0 Å². The summed E-state index contributed by atoms with van der Waals surface area (Å²) in [6.07, 6.45) is 8.93. The van der Waals surface area contributed by atoms with E-state index in [1.807, 2.05) is 48.0 Å². The minimum atomic E-state index is -0.105. The zero-order chi connectivity index (χ0) is 17.9. The highest BCUT2D eigenvalue weighted by Gasteiger charge is 2.20. The van der Waals surface area contributed by atoms with Crippen molar-refractivity contribution in [1.29, 1.82) is 0 Å². The monoisotopic (exact) mass is 349 g/mol. The van der Waals surface area contributed by atoms with Crippen LogP contribution in [0.1, 0.15) is 34.5 Å². The normalized spacial score (nSPS) is 13.7. The second-order valence-corrected chi connectivity index (χ2v) is 6.92. The first-order valence-corrected chi connectivity index (χ1v) is 9.10. The summed E-state index contributed by atoms with van der Waals surface area (Å²) in [4.78, 5) is 21.2. The lowest BCUT2D eigenvalue weighted by Crippen LogP contribution is -2.25. The number of nitrogens with one attached hydrogen (secondary N) is 2. The molecule has 134 valence electrons. The molecule has 1 amide bonds. The van der Waals surface area contributed by atoms with Gasteiger partial charge in [-0.1, -0.05) is 6.07 Å². The second-order valence-electron chi connectivity index (χ2n) is 6.92. The van der Waals surface area contributed by atoms with Crippen molar-refractivity contribution in [2.45, 2.75) is 26.2 Å². The van der Waals surface area contributed by atoms with Crippen LogP contribution in [0.2, 0.25) is 0 Å². The van der Waals surface area contributed by atoms with Crippen molar-refractivity contribution in [3.8, 4) is 0 Å². The fraction of sp³-hybridized carbons (Fsp3) is 0.350. The summed E-state index contributed by atoms with van der Waals surface area (Å²) in [6.45, 7) is 3.56. The van der Waals surface area contributed by atoms with E-state index in [2.05, 4.69) is 20.6 Å². The number of hydrogen-bond donors (Lipinski definition) is 2. The number of fused-ring (bicyclic) bond motifs is 1. The number of amides is 1. The topological polar surface area (TPSA) is 71.3 Å². The Balaban J connectivity index is 1.29. The Labute approximate surface area is 152 Å². The van der Waals surface area contributed by atoms with Crippen LogP contribution in [0, 0.1) is 12.8 Å². The molecule has 4 rings (SSSR count). The number of anilines is 1. The highest BCUT2D eigenvalue weighted by molar-refractivity contribution is 5.94. The fourth-order valence-corrected chi connectivity index (χ4v) is 2.93. The van der Waals surface area contributed by atoms with Crippen LogP contribution in [-0.4, -0.2) is 33.4 Å². The Kier molecular flexibility index (Phi) is 4.56. The third-order valence-electron chi connectivity index (χ3n) is 4.69. The molecule has 0 aliphatic heterocycles. The average Bonchev–Trinajstić information content (AvgIpc) is 3.38. The Bertz CT molecular complexity index is 912. The van der Waals surface area contributed by atoms with Gasteiger partial charge in [0, 0.05) is 38.1 Å². The van der Waals surface area contributed by atoms with Crippen LogP contribution in [-0.2, 0) is 6.42 Å². The van der Waals surface area contributed by atoms with Gasteiger partial charge in [0.2, 0.25) is 0 Å². The molecule has 0 spiro atoms. The van der Waals surface area contributed by atoms with Crippen molar-refractivity contribution in [3.05, 3.63) is 59.7 Å². The van der Waals surface area contributed by atoms with Crippen LogP contribution in [0.5, 0.6) is 0 Å². The van der Waals surface area contributed by atoms with Gasteiger partial charge in [-0.05, 0) is 49.4 Å². The molecule has 0 atom stereocenters.